The summed E-state index contributed by atoms with van der Waals surface area (Å²) in [6, 6.07) is 3.83. The topological polar surface area (TPSA) is 58.6 Å². The molecule has 16 heavy (non-hydrogen) atoms. The predicted molar refractivity (Wildman–Crippen MR) is 57.0 cm³/mol. The first-order valence-electron chi connectivity index (χ1n) is 4.84. The van der Waals surface area contributed by atoms with E-state index in [1.807, 2.05) is 0 Å². The second-order valence-corrected chi connectivity index (χ2v) is 3.41. The van der Waals surface area contributed by atoms with E-state index in [0.717, 1.165) is 6.07 Å². The molecule has 0 aliphatic heterocycles. The van der Waals surface area contributed by atoms with E-state index < -0.39 is 11.9 Å². The van der Waals surface area contributed by atoms with Crippen LogP contribution in [0.5, 0.6) is 5.75 Å². The number of hydrogen-bond donors (Lipinski definition) is 2. The van der Waals surface area contributed by atoms with Crippen molar-refractivity contribution in [1.82, 2.24) is 5.32 Å². The van der Waals surface area contributed by atoms with Crippen molar-refractivity contribution in [2.45, 2.75) is 13.0 Å². The molecule has 0 bridgehead atoms. The van der Waals surface area contributed by atoms with Crippen molar-refractivity contribution >= 4 is 5.91 Å². The van der Waals surface area contributed by atoms with Gasteiger partial charge in [-0.1, -0.05) is 0 Å². The molecule has 0 saturated heterocycles. The molecular formula is C11H14FNO3. The van der Waals surface area contributed by atoms with Gasteiger partial charge in [-0.2, -0.15) is 0 Å². The summed E-state index contributed by atoms with van der Waals surface area (Å²) in [5, 5.41) is 11.5. The summed E-state index contributed by atoms with van der Waals surface area (Å²) in [5.41, 5.74) is 0.291. The van der Waals surface area contributed by atoms with Gasteiger partial charge in [-0.15, -0.1) is 0 Å². The molecule has 1 rings (SSSR count). The molecule has 2 N–H and O–H groups in total. The summed E-state index contributed by atoms with van der Waals surface area (Å²) in [7, 11) is 1.33. The lowest BCUT2D eigenvalue weighted by atomic mass is 10.2. The minimum atomic E-state index is -0.619. The lowest BCUT2D eigenvalue weighted by Gasteiger charge is -2.08. The number of ether oxygens (including phenoxy) is 1. The van der Waals surface area contributed by atoms with Crippen molar-refractivity contribution in [1.29, 1.82) is 0 Å². The largest absolute Gasteiger partial charge is 0.494 e. The van der Waals surface area contributed by atoms with Crippen LogP contribution in [0, 0.1) is 5.82 Å². The highest BCUT2D eigenvalue weighted by Crippen LogP contribution is 2.17. The van der Waals surface area contributed by atoms with Crippen molar-refractivity contribution < 1.29 is 19.0 Å². The van der Waals surface area contributed by atoms with Crippen molar-refractivity contribution in [3.05, 3.63) is 29.6 Å². The predicted octanol–water partition coefficient (Wildman–Crippen LogP) is 0.945. The van der Waals surface area contributed by atoms with Crippen molar-refractivity contribution in [3.63, 3.8) is 0 Å². The molecule has 0 aliphatic carbocycles. The van der Waals surface area contributed by atoms with Gasteiger partial charge in [0.1, 0.15) is 0 Å². The smallest absolute Gasteiger partial charge is 0.251 e. The molecule has 1 amide bonds. The van der Waals surface area contributed by atoms with Crippen LogP contribution in [0.3, 0.4) is 0 Å². The van der Waals surface area contributed by atoms with E-state index >= 15 is 0 Å². The number of methoxy groups -OCH3 is 1. The number of rotatable bonds is 4. The third-order valence-electron chi connectivity index (χ3n) is 1.97. The molecular weight excluding hydrogens is 213 g/mol. The highest BCUT2D eigenvalue weighted by molar-refractivity contribution is 5.94. The van der Waals surface area contributed by atoms with Gasteiger partial charge in [-0.25, -0.2) is 4.39 Å². The van der Waals surface area contributed by atoms with Crippen LogP contribution in [0.15, 0.2) is 18.2 Å². The third-order valence-corrected chi connectivity index (χ3v) is 1.97. The summed E-state index contributed by atoms with van der Waals surface area (Å²) in [6.07, 6.45) is -0.619. The Labute approximate surface area is 93.0 Å². The fourth-order valence-electron chi connectivity index (χ4n) is 1.14. The average Bonchev–Trinajstić information content (AvgIpc) is 2.26. The zero-order valence-electron chi connectivity index (χ0n) is 9.16. The molecule has 1 aromatic carbocycles. The van der Waals surface area contributed by atoms with E-state index in [4.69, 9.17) is 9.84 Å². The second kappa shape index (κ2) is 5.46. The summed E-state index contributed by atoms with van der Waals surface area (Å²) in [6.45, 7) is 1.71. The van der Waals surface area contributed by atoms with Crippen LogP contribution < -0.4 is 10.1 Å². The molecule has 0 spiro atoms. The number of halogens is 1. The Morgan fingerprint density at radius 3 is 2.88 bits per heavy atom. The first-order chi connectivity index (χ1) is 7.54. The van der Waals surface area contributed by atoms with Gasteiger partial charge >= 0.3 is 0 Å². The van der Waals surface area contributed by atoms with Gasteiger partial charge < -0.3 is 15.2 Å². The van der Waals surface area contributed by atoms with Crippen LogP contribution in [0.1, 0.15) is 17.3 Å². The third kappa shape index (κ3) is 3.20. The normalized spacial score (nSPS) is 12.0. The van der Waals surface area contributed by atoms with Crippen molar-refractivity contribution in [2.75, 3.05) is 13.7 Å². The van der Waals surface area contributed by atoms with Crippen LogP contribution >= 0.6 is 0 Å². The second-order valence-electron chi connectivity index (χ2n) is 3.41. The number of aliphatic hydroxyl groups excluding tert-OH is 1. The van der Waals surface area contributed by atoms with E-state index in [1.165, 1.54) is 19.2 Å². The molecule has 1 atom stereocenters. The van der Waals surface area contributed by atoms with E-state index in [1.54, 1.807) is 6.92 Å². The van der Waals surface area contributed by atoms with Crippen molar-refractivity contribution in [3.8, 4) is 5.75 Å². The van der Waals surface area contributed by atoms with Gasteiger partial charge in [0, 0.05) is 12.1 Å². The standard InChI is InChI=1S/C11H14FNO3/c1-7(14)6-13-11(15)8-3-4-9(12)10(5-8)16-2/h3-5,7,14H,6H2,1-2H3,(H,13,15)/t7-/m0/s1. The van der Waals surface area contributed by atoms with Gasteiger partial charge in [0.25, 0.3) is 5.91 Å². The fourth-order valence-corrected chi connectivity index (χ4v) is 1.14. The molecule has 0 aliphatic rings. The molecule has 0 radical (unpaired) electrons. The van der Waals surface area contributed by atoms with Crippen LogP contribution in [-0.4, -0.2) is 30.8 Å². The Hall–Kier alpha value is -1.62. The Morgan fingerprint density at radius 2 is 2.31 bits per heavy atom. The maximum Gasteiger partial charge on any atom is 0.251 e. The van der Waals surface area contributed by atoms with Gasteiger partial charge in [0.2, 0.25) is 0 Å². The van der Waals surface area contributed by atoms with E-state index in [9.17, 15) is 9.18 Å². The van der Waals surface area contributed by atoms with E-state index in [0.29, 0.717) is 5.56 Å². The molecule has 1 aromatic rings. The first-order valence-corrected chi connectivity index (χ1v) is 4.84. The molecule has 5 heteroatoms. The zero-order chi connectivity index (χ0) is 12.1. The van der Waals surface area contributed by atoms with E-state index in [-0.39, 0.29) is 18.2 Å². The van der Waals surface area contributed by atoms with Crippen LogP contribution in [0.2, 0.25) is 0 Å². The number of carbonyl (C=O) groups excluding carboxylic acids is 1. The molecule has 0 saturated carbocycles. The Bertz CT molecular complexity index is 379. The van der Waals surface area contributed by atoms with Crippen LogP contribution in [0.25, 0.3) is 0 Å². The Balaban J connectivity index is 2.76. The molecule has 0 fully saturated rings. The van der Waals surface area contributed by atoms with Crippen LogP contribution in [-0.2, 0) is 0 Å². The SMILES string of the molecule is COc1cc(C(=O)NC[C@H](C)O)ccc1F. The molecule has 88 valence electrons. The number of hydrogen-bond acceptors (Lipinski definition) is 3. The number of amides is 1. The molecule has 0 aromatic heterocycles. The highest BCUT2D eigenvalue weighted by atomic mass is 19.1. The lowest BCUT2D eigenvalue weighted by molar-refractivity contribution is 0.0923. The maximum absolute atomic E-state index is 13.1. The number of carbonyl (C=O) groups is 1. The maximum atomic E-state index is 13.1. The minimum absolute atomic E-state index is 0.0182. The molecule has 4 nitrogen and oxygen atoms in total. The zero-order valence-corrected chi connectivity index (χ0v) is 9.16. The van der Waals surface area contributed by atoms with Crippen molar-refractivity contribution in [2.24, 2.45) is 0 Å². The van der Waals surface area contributed by atoms with E-state index in [2.05, 4.69) is 5.32 Å². The average molecular weight is 227 g/mol. The quantitative estimate of drug-likeness (QED) is 0.805. The van der Waals surface area contributed by atoms with Gasteiger partial charge in [0.05, 0.1) is 13.2 Å². The van der Waals surface area contributed by atoms with Gasteiger partial charge in [-0.05, 0) is 25.1 Å². The molecule has 0 heterocycles. The number of benzene rings is 1. The van der Waals surface area contributed by atoms with Gasteiger partial charge in [-0.3, -0.25) is 4.79 Å². The molecule has 0 unspecified atom stereocenters. The monoisotopic (exact) mass is 227 g/mol. The summed E-state index contributed by atoms with van der Waals surface area (Å²) in [4.78, 5) is 11.5. The summed E-state index contributed by atoms with van der Waals surface area (Å²) >= 11 is 0. The highest BCUT2D eigenvalue weighted by Gasteiger charge is 2.10. The Morgan fingerprint density at radius 1 is 1.62 bits per heavy atom. The summed E-state index contributed by atoms with van der Waals surface area (Å²) in [5.74, 6) is -0.876. The van der Waals surface area contributed by atoms with Crippen LogP contribution in [0.4, 0.5) is 4.39 Å². The first kappa shape index (κ1) is 12.4. The minimum Gasteiger partial charge on any atom is -0.494 e. The Kier molecular flexibility index (Phi) is 4.25. The van der Waals surface area contributed by atoms with Gasteiger partial charge in [0.15, 0.2) is 11.6 Å². The fraction of sp³-hybridized carbons (Fsp3) is 0.364. The lowest BCUT2D eigenvalue weighted by Crippen LogP contribution is -2.30. The number of aliphatic hydroxyl groups is 1. The number of nitrogens with one attached hydrogen (secondary N) is 1. The summed E-state index contributed by atoms with van der Waals surface area (Å²) < 4.78 is 17.8.